The number of aliphatic hydroxyl groups is 1. The summed E-state index contributed by atoms with van der Waals surface area (Å²) in [5, 5.41) is 10.6. The second-order valence-electron chi connectivity index (χ2n) is 31.1. The summed E-state index contributed by atoms with van der Waals surface area (Å²) in [6.45, 7) is 12.0. The monoisotopic (exact) mass is 1490 g/mol. The second-order valence-corrected chi connectivity index (χ2v) is 34.0. The van der Waals surface area contributed by atoms with E-state index in [1.807, 2.05) is 0 Å². The number of phosphoric ester groups is 2. The lowest BCUT2D eigenvalue weighted by atomic mass is 9.99. The molecule has 0 aliphatic rings. The molecule has 6 atom stereocenters. The fourth-order valence-electron chi connectivity index (χ4n) is 12.8. The van der Waals surface area contributed by atoms with Crippen molar-refractivity contribution in [2.24, 2.45) is 17.8 Å². The van der Waals surface area contributed by atoms with Gasteiger partial charge in [-0.25, -0.2) is 9.13 Å². The van der Waals surface area contributed by atoms with Crippen LogP contribution in [0.5, 0.6) is 0 Å². The van der Waals surface area contributed by atoms with Crippen LogP contribution >= 0.6 is 15.6 Å². The zero-order valence-electron chi connectivity index (χ0n) is 67.1. The van der Waals surface area contributed by atoms with E-state index in [1.54, 1.807) is 0 Å². The molecular weight excluding hydrogens is 1330 g/mol. The van der Waals surface area contributed by atoms with Gasteiger partial charge in [0.05, 0.1) is 26.4 Å². The zero-order chi connectivity index (χ0) is 75.1. The Kier molecular flexibility index (Phi) is 71.8. The van der Waals surface area contributed by atoms with E-state index >= 15 is 0 Å². The van der Waals surface area contributed by atoms with Gasteiger partial charge in [-0.1, -0.05) is 382 Å². The summed E-state index contributed by atoms with van der Waals surface area (Å²) >= 11 is 0. The molecule has 0 fully saturated rings. The molecule has 0 saturated heterocycles. The van der Waals surface area contributed by atoms with E-state index in [0.717, 1.165) is 108 Å². The Morgan fingerprint density at radius 3 is 0.745 bits per heavy atom. The summed E-state index contributed by atoms with van der Waals surface area (Å²) in [4.78, 5) is 72.9. The highest BCUT2D eigenvalue weighted by Crippen LogP contribution is 2.45. The molecule has 19 heteroatoms. The quantitative estimate of drug-likeness (QED) is 0.0222. The van der Waals surface area contributed by atoms with Gasteiger partial charge >= 0.3 is 39.5 Å². The molecule has 0 aromatic heterocycles. The Hall–Kier alpha value is -1.94. The summed E-state index contributed by atoms with van der Waals surface area (Å²) in [5.74, 6) is 0.261. The maximum atomic E-state index is 13.1. The molecule has 606 valence electrons. The number of aliphatic hydroxyl groups excluding tert-OH is 1. The van der Waals surface area contributed by atoms with E-state index in [1.165, 1.54) is 238 Å². The van der Waals surface area contributed by atoms with Gasteiger partial charge in [-0.05, 0) is 43.4 Å². The van der Waals surface area contributed by atoms with E-state index in [-0.39, 0.29) is 25.7 Å². The van der Waals surface area contributed by atoms with E-state index in [4.69, 9.17) is 37.0 Å². The van der Waals surface area contributed by atoms with Crippen LogP contribution in [0, 0.1) is 17.8 Å². The van der Waals surface area contributed by atoms with Crippen molar-refractivity contribution in [2.75, 3.05) is 39.6 Å². The fourth-order valence-corrected chi connectivity index (χ4v) is 14.4. The van der Waals surface area contributed by atoms with E-state index in [0.29, 0.717) is 31.6 Å². The third-order valence-corrected chi connectivity index (χ3v) is 21.6. The minimum Gasteiger partial charge on any atom is -0.462 e. The first kappa shape index (κ1) is 100. The van der Waals surface area contributed by atoms with Crippen molar-refractivity contribution >= 4 is 39.5 Å². The van der Waals surface area contributed by atoms with Gasteiger partial charge in [-0.2, -0.15) is 0 Å². The Morgan fingerprint density at radius 2 is 0.500 bits per heavy atom. The average molecular weight is 1490 g/mol. The number of carbonyl (C=O) groups is 4. The summed E-state index contributed by atoms with van der Waals surface area (Å²) in [6, 6.07) is 0. The van der Waals surface area contributed by atoms with Crippen molar-refractivity contribution in [3.8, 4) is 0 Å². The fraction of sp³-hybridized carbons (Fsp3) is 0.952. The van der Waals surface area contributed by atoms with Crippen molar-refractivity contribution in [1.82, 2.24) is 0 Å². The third kappa shape index (κ3) is 74.9. The van der Waals surface area contributed by atoms with E-state index in [2.05, 4.69) is 48.5 Å². The topological polar surface area (TPSA) is 237 Å². The first-order valence-electron chi connectivity index (χ1n) is 42.9. The van der Waals surface area contributed by atoms with Crippen LogP contribution in [0.15, 0.2) is 0 Å². The van der Waals surface area contributed by atoms with Gasteiger partial charge in [-0.15, -0.1) is 0 Å². The van der Waals surface area contributed by atoms with Crippen LogP contribution in [0.3, 0.4) is 0 Å². The van der Waals surface area contributed by atoms with Gasteiger partial charge in [0.15, 0.2) is 12.2 Å². The molecule has 3 unspecified atom stereocenters. The summed E-state index contributed by atoms with van der Waals surface area (Å²) in [6.07, 6.45) is 62.8. The second kappa shape index (κ2) is 73.2. The standard InChI is InChI=1S/C83H162O17P2/c1-8-10-11-12-13-14-37-43-52-59-66-82(87)100-79(71-94-81(86)65-58-51-46-45-48-55-62-75(5)6)73-98-102(91,92)96-69-77(84)68-95-101(89,90)97-72-78(70-93-80(85)64-57-50-42-38-33-29-25-21-17-15-19-23-27-31-35-40-47-54-61-74(3)4)99-83(88)67-60-53-44-39-34-30-26-22-18-16-20-24-28-32-36-41-49-56-63-76(7)9-2/h74-79,84H,8-73H2,1-7H3,(H,89,90)(H,91,92)/t76?,77-,78-,79-/m1/s1. The highest BCUT2D eigenvalue weighted by molar-refractivity contribution is 7.47. The predicted molar refractivity (Wildman–Crippen MR) is 418 cm³/mol. The van der Waals surface area contributed by atoms with Crippen LogP contribution in [0.4, 0.5) is 0 Å². The maximum Gasteiger partial charge on any atom is 0.472 e. The molecule has 0 amide bonds. The van der Waals surface area contributed by atoms with Crippen LogP contribution in [0.25, 0.3) is 0 Å². The van der Waals surface area contributed by atoms with Crippen LogP contribution in [0.1, 0.15) is 434 Å². The van der Waals surface area contributed by atoms with Crippen molar-refractivity contribution in [2.45, 2.75) is 452 Å². The maximum absolute atomic E-state index is 13.1. The molecule has 0 spiro atoms. The zero-order valence-corrected chi connectivity index (χ0v) is 68.9. The van der Waals surface area contributed by atoms with Crippen molar-refractivity contribution in [3.05, 3.63) is 0 Å². The van der Waals surface area contributed by atoms with Crippen molar-refractivity contribution in [1.29, 1.82) is 0 Å². The van der Waals surface area contributed by atoms with Gasteiger partial charge < -0.3 is 33.8 Å². The van der Waals surface area contributed by atoms with Crippen molar-refractivity contribution in [3.63, 3.8) is 0 Å². The van der Waals surface area contributed by atoms with Crippen LogP contribution < -0.4 is 0 Å². The Bertz CT molecular complexity index is 1980. The summed E-state index contributed by atoms with van der Waals surface area (Å²) < 4.78 is 68.6. The first-order chi connectivity index (χ1) is 49.3. The molecule has 0 aromatic rings. The molecule has 0 radical (unpaired) electrons. The largest absolute Gasteiger partial charge is 0.472 e. The number of ether oxygens (including phenoxy) is 4. The number of rotatable bonds is 81. The third-order valence-electron chi connectivity index (χ3n) is 19.7. The van der Waals surface area contributed by atoms with Crippen molar-refractivity contribution < 1.29 is 80.2 Å². The van der Waals surface area contributed by atoms with E-state index < -0.39 is 97.5 Å². The number of unbranched alkanes of at least 4 members (excludes halogenated alkanes) is 48. The Morgan fingerprint density at radius 1 is 0.284 bits per heavy atom. The number of hydrogen-bond acceptors (Lipinski definition) is 15. The highest BCUT2D eigenvalue weighted by Gasteiger charge is 2.30. The minimum absolute atomic E-state index is 0.105. The Labute approximate surface area is 626 Å². The van der Waals surface area contributed by atoms with E-state index in [9.17, 15) is 43.2 Å². The highest BCUT2D eigenvalue weighted by atomic mass is 31.2. The average Bonchev–Trinajstić information content (AvgIpc) is 1.02. The molecule has 0 aliphatic heterocycles. The smallest absolute Gasteiger partial charge is 0.462 e. The molecule has 102 heavy (non-hydrogen) atoms. The van der Waals surface area contributed by atoms with Gasteiger partial charge in [0.1, 0.15) is 19.3 Å². The molecule has 0 bridgehead atoms. The summed E-state index contributed by atoms with van der Waals surface area (Å²) in [5.41, 5.74) is 0. The molecule has 0 aliphatic carbocycles. The van der Waals surface area contributed by atoms with Gasteiger partial charge in [0.2, 0.25) is 0 Å². The van der Waals surface area contributed by atoms with Gasteiger partial charge in [0.25, 0.3) is 0 Å². The molecule has 0 saturated carbocycles. The van der Waals surface area contributed by atoms with Gasteiger partial charge in [-0.3, -0.25) is 37.3 Å². The van der Waals surface area contributed by atoms with Gasteiger partial charge in [0, 0.05) is 25.7 Å². The molecule has 3 N–H and O–H groups in total. The Balaban J connectivity index is 5.16. The summed E-state index contributed by atoms with van der Waals surface area (Å²) in [7, 11) is -9.92. The van der Waals surface area contributed by atoms with Crippen LogP contribution in [-0.2, 0) is 65.4 Å². The molecular formula is C83H162O17P2. The lowest BCUT2D eigenvalue weighted by Gasteiger charge is -2.21. The van der Waals surface area contributed by atoms with Crippen LogP contribution in [-0.4, -0.2) is 96.7 Å². The molecule has 0 aromatic carbocycles. The normalized spacial score (nSPS) is 14.2. The minimum atomic E-state index is -4.96. The molecule has 0 rings (SSSR count). The molecule has 17 nitrogen and oxygen atoms in total. The predicted octanol–water partition coefficient (Wildman–Crippen LogP) is 24.9. The lowest BCUT2D eigenvalue weighted by molar-refractivity contribution is -0.161. The first-order valence-corrected chi connectivity index (χ1v) is 45.9. The lowest BCUT2D eigenvalue weighted by Crippen LogP contribution is -2.30. The molecule has 0 heterocycles. The number of phosphoric acid groups is 2. The number of hydrogen-bond donors (Lipinski definition) is 3. The number of carbonyl (C=O) groups excluding carboxylic acids is 4. The number of esters is 4. The SMILES string of the molecule is CCCCCCCCCCCCC(=O)O[C@H](COC(=O)CCCCCCCCC(C)C)COP(=O)(O)OC[C@H](O)COP(=O)(O)OC[C@@H](COC(=O)CCCCCCCCCCCCCCCCCCCCC(C)C)OC(=O)CCCCCCCCCCCCCCCCCCCCC(C)CC. The van der Waals surface area contributed by atoms with Crippen LogP contribution in [0.2, 0.25) is 0 Å².